The van der Waals surface area contributed by atoms with Crippen LogP contribution in [-0.4, -0.2) is 21.6 Å². The van der Waals surface area contributed by atoms with Crippen molar-refractivity contribution in [2.24, 2.45) is 7.05 Å². The zero-order valence-electron chi connectivity index (χ0n) is 15.4. The van der Waals surface area contributed by atoms with Crippen LogP contribution in [0, 0.1) is 0 Å². The van der Waals surface area contributed by atoms with Crippen LogP contribution in [0.3, 0.4) is 0 Å². The Hall–Kier alpha value is -4.20. The average Bonchev–Trinajstić information content (AvgIpc) is 3.27. The molecule has 0 aliphatic carbocycles. The van der Waals surface area contributed by atoms with Crippen LogP contribution in [0.4, 0.5) is 11.4 Å². The van der Waals surface area contributed by atoms with E-state index < -0.39 is 5.91 Å². The molecule has 0 bridgehead atoms. The molecule has 0 saturated carbocycles. The highest BCUT2D eigenvalue weighted by atomic mass is 16.3. The van der Waals surface area contributed by atoms with Crippen molar-refractivity contribution in [1.29, 1.82) is 0 Å². The van der Waals surface area contributed by atoms with Gasteiger partial charge in [0, 0.05) is 23.8 Å². The number of amides is 2. The normalized spacial score (nSPS) is 10.7. The van der Waals surface area contributed by atoms with Gasteiger partial charge in [0.2, 0.25) is 0 Å². The van der Waals surface area contributed by atoms with E-state index in [9.17, 15) is 14.4 Å². The second-order valence-electron chi connectivity index (χ2n) is 6.29. The van der Waals surface area contributed by atoms with E-state index in [2.05, 4.69) is 15.7 Å². The van der Waals surface area contributed by atoms with E-state index >= 15 is 0 Å². The summed E-state index contributed by atoms with van der Waals surface area (Å²) >= 11 is 0. The third kappa shape index (κ3) is 3.63. The fraction of sp³-hybridized carbons (Fsp3) is 0.0476. The van der Waals surface area contributed by atoms with Crippen molar-refractivity contribution in [3.05, 3.63) is 88.7 Å². The number of nitrogens with zero attached hydrogens (tertiary/aromatic N) is 2. The van der Waals surface area contributed by atoms with E-state index in [0.29, 0.717) is 22.1 Å². The summed E-state index contributed by atoms with van der Waals surface area (Å²) in [7, 11) is 1.50. The first-order valence-corrected chi connectivity index (χ1v) is 8.75. The zero-order valence-corrected chi connectivity index (χ0v) is 15.4. The number of aryl methyl sites for hydroxylation is 1. The summed E-state index contributed by atoms with van der Waals surface area (Å²) in [5, 5.41) is 10.5. The Balaban J connectivity index is 1.53. The molecule has 2 heterocycles. The minimum absolute atomic E-state index is 0.151. The number of aromatic nitrogens is 2. The lowest BCUT2D eigenvalue weighted by Gasteiger charge is -2.10. The van der Waals surface area contributed by atoms with Gasteiger partial charge in [0.05, 0.1) is 11.6 Å². The fourth-order valence-electron chi connectivity index (χ4n) is 2.90. The van der Waals surface area contributed by atoms with Crippen LogP contribution in [0.5, 0.6) is 0 Å². The van der Waals surface area contributed by atoms with Crippen molar-refractivity contribution in [2.75, 3.05) is 10.6 Å². The molecule has 8 nitrogen and oxygen atoms in total. The molecule has 0 radical (unpaired) electrons. The monoisotopic (exact) mass is 388 g/mol. The molecule has 2 amide bonds. The van der Waals surface area contributed by atoms with Crippen LogP contribution in [0.25, 0.3) is 10.8 Å². The number of benzene rings is 2. The Morgan fingerprint density at radius 3 is 2.10 bits per heavy atom. The number of carbonyl (C=O) groups excluding carboxylic acids is 2. The number of nitrogens with one attached hydrogen (secondary N) is 2. The van der Waals surface area contributed by atoms with E-state index in [1.165, 1.54) is 13.3 Å². The molecule has 4 rings (SSSR count). The quantitative estimate of drug-likeness (QED) is 0.559. The van der Waals surface area contributed by atoms with E-state index in [1.807, 2.05) is 0 Å². The van der Waals surface area contributed by atoms with Gasteiger partial charge in [-0.05, 0) is 42.5 Å². The third-order valence-corrected chi connectivity index (χ3v) is 4.32. The van der Waals surface area contributed by atoms with E-state index in [4.69, 9.17) is 4.42 Å². The summed E-state index contributed by atoms with van der Waals surface area (Å²) in [5.74, 6) is -0.605. The van der Waals surface area contributed by atoms with Crippen LogP contribution in [0.15, 0.2) is 76.1 Å². The molecule has 0 aliphatic heterocycles. The summed E-state index contributed by atoms with van der Waals surface area (Å²) < 4.78 is 6.19. The molecule has 4 aromatic rings. The number of hydrogen-bond donors (Lipinski definition) is 2. The molecule has 0 fully saturated rings. The Kier molecular flexibility index (Phi) is 4.66. The largest absolute Gasteiger partial charge is 0.459 e. The number of rotatable bonds is 4. The Bertz CT molecular complexity index is 1260. The molecule has 2 N–H and O–H groups in total. The summed E-state index contributed by atoms with van der Waals surface area (Å²) in [6.07, 6.45) is 1.42. The number of furan rings is 1. The summed E-state index contributed by atoms with van der Waals surface area (Å²) in [6.45, 7) is 0. The van der Waals surface area contributed by atoms with Gasteiger partial charge < -0.3 is 15.1 Å². The van der Waals surface area contributed by atoms with Gasteiger partial charge in [-0.2, -0.15) is 5.10 Å². The standard InChI is InChI=1S/C21H16N4O4/c1-25-21(28)16-6-3-2-5-15(16)18(24-25)20(27)23-14-10-8-13(9-11-14)22-19(26)17-7-4-12-29-17/h2-12H,1H3,(H,22,26)(H,23,27). The fourth-order valence-corrected chi connectivity index (χ4v) is 2.90. The number of carbonyl (C=O) groups is 2. The van der Waals surface area contributed by atoms with Gasteiger partial charge in [0.15, 0.2) is 11.5 Å². The van der Waals surface area contributed by atoms with E-state index in [1.54, 1.807) is 60.7 Å². The topological polar surface area (TPSA) is 106 Å². The maximum absolute atomic E-state index is 12.7. The highest BCUT2D eigenvalue weighted by Crippen LogP contribution is 2.18. The van der Waals surface area contributed by atoms with Crippen LogP contribution in [0.2, 0.25) is 0 Å². The van der Waals surface area contributed by atoms with Crippen molar-refractivity contribution < 1.29 is 14.0 Å². The van der Waals surface area contributed by atoms with Crippen molar-refractivity contribution in [2.45, 2.75) is 0 Å². The lowest BCUT2D eigenvalue weighted by atomic mass is 10.1. The second-order valence-corrected chi connectivity index (χ2v) is 6.29. The molecular formula is C21H16N4O4. The van der Waals surface area contributed by atoms with Gasteiger partial charge in [-0.15, -0.1) is 0 Å². The van der Waals surface area contributed by atoms with Crippen molar-refractivity contribution in [3.63, 3.8) is 0 Å². The summed E-state index contributed by atoms with van der Waals surface area (Å²) in [5.41, 5.74) is 0.951. The zero-order chi connectivity index (χ0) is 20.4. The SMILES string of the molecule is Cn1nc(C(=O)Nc2ccc(NC(=O)c3ccco3)cc2)c2ccccc2c1=O. The Morgan fingerprint density at radius 1 is 0.862 bits per heavy atom. The first kappa shape index (κ1) is 18.2. The maximum Gasteiger partial charge on any atom is 0.291 e. The Labute approximate surface area is 164 Å². The van der Waals surface area contributed by atoms with Gasteiger partial charge in [0.1, 0.15) is 0 Å². The second kappa shape index (κ2) is 7.43. The lowest BCUT2D eigenvalue weighted by molar-refractivity contribution is 0.0994. The highest BCUT2D eigenvalue weighted by molar-refractivity contribution is 6.11. The molecule has 0 spiro atoms. The summed E-state index contributed by atoms with van der Waals surface area (Å²) in [6, 6.07) is 16.6. The number of hydrogen-bond acceptors (Lipinski definition) is 5. The van der Waals surface area contributed by atoms with Gasteiger partial charge in [0.25, 0.3) is 17.4 Å². The lowest BCUT2D eigenvalue weighted by Crippen LogP contribution is -2.25. The van der Waals surface area contributed by atoms with Crippen LogP contribution < -0.4 is 16.2 Å². The van der Waals surface area contributed by atoms with Gasteiger partial charge in [-0.3, -0.25) is 14.4 Å². The molecule has 8 heteroatoms. The molecular weight excluding hydrogens is 372 g/mol. The molecule has 2 aromatic carbocycles. The smallest absolute Gasteiger partial charge is 0.291 e. The molecule has 0 saturated heterocycles. The predicted octanol–water partition coefficient (Wildman–Crippen LogP) is 3.03. The van der Waals surface area contributed by atoms with Crippen molar-refractivity contribution in [3.8, 4) is 0 Å². The summed E-state index contributed by atoms with van der Waals surface area (Å²) in [4.78, 5) is 36.9. The first-order valence-electron chi connectivity index (χ1n) is 8.75. The van der Waals surface area contributed by atoms with Crippen LogP contribution in [0.1, 0.15) is 21.0 Å². The molecule has 0 unspecified atom stereocenters. The first-order chi connectivity index (χ1) is 14.0. The van der Waals surface area contributed by atoms with E-state index in [-0.39, 0.29) is 22.9 Å². The Morgan fingerprint density at radius 2 is 1.48 bits per heavy atom. The maximum atomic E-state index is 12.7. The number of fused-ring (bicyclic) bond motifs is 1. The van der Waals surface area contributed by atoms with Crippen LogP contribution in [-0.2, 0) is 7.05 Å². The molecule has 2 aromatic heterocycles. The van der Waals surface area contributed by atoms with E-state index in [0.717, 1.165) is 4.68 Å². The average molecular weight is 388 g/mol. The molecule has 0 atom stereocenters. The van der Waals surface area contributed by atoms with Gasteiger partial charge in [-0.1, -0.05) is 18.2 Å². The third-order valence-electron chi connectivity index (χ3n) is 4.32. The molecule has 0 aliphatic rings. The van der Waals surface area contributed by atoms with Crippen molar-refractivity contribution in [1.82, 2.24) is 9.78 Å². The molecule has 144 valence electrons. The predicted molar refractivity (Wildman–Crippen MR) is 108 cm³/mol. The van der Waals surface area contributed by atoms with Crippen molar-refractivity contribution >= 4 is 34.0 Å². The minimum atomic E-state index is -0.441. The number of anilines is 2. The van der Waals surface area contributed by atoms with Crippen LogP contribution >= 0.6 is 0 Å². The van der Waals surface area contributed by atoms with Gasteiger partial charge >= 0.3 is 0 Å². The molecule has 29 heavy (non-hydrogen) atoms. The highest BCUT2D eigenvalue weighted by Gasteiger charge is 2.16. The van der Waals surface area contributed by atoms with Gasteiger partial charge in [-0.25, -0.2) is 4.68 Å². The minimum Gasteiger partial charge on any atom is -0.459 e.